The summed E-state index contributed by atoms with van der Waals surface area (Å²) in [5.41, 5.74) is 6.27. The lowest BCUT2D eigenvalue weighted by molar-refractivity contribution is 0.245. The van der Waals surface area contributed by atoms with Crippen molar-refractivity contribution in [3.05, 3.63) is 0 Å². The van der Waals surface area contributed by atoms with E-state index < -0.39 is 0 Å². The molecule has 0 aromatic carbocycles. The second kappa shape index (κ2) is 4.65. The van der Waals surface area contributed by atoms with Crippen molar-refractivity contribution in [1.29, 1.82) is 0 Å². The highest BCUT2D eigenvalue weighted by atomic mass is 14.7. The maximum Gasteiger partial charge on any atom is 0.00672 e. The van der Waals surface area contributed by atoms with Gasteiger partial charge in [0.15, 0.2) is 0 Å². The molecule has 2 aliphatic rings. The number of nitrogens with two attached hydrogens (primary N) is 1. The largest absolute Gasteiger partial charge is 0.327 e. The highest BCUT2D eigenvalue weighted by Crippen LogP contribution is 2.36. The highest BCUT2D eigenvalue weighted by Gasteiger charge is 2.26. The molecule has 2 rings (SSSR count). The van der Waals surface area contributed by atoms with Crippen LogP contribution in [0.2, 0.25) is 0 Å². The Labute approximate surface area is 88.4 Å². The Kier molecular flexibility index (Phi) is 3.48. The Bertz CT molecular complexity index is 166. The molecule has 2 N–H and O–H groups in total. The fraction of sp³-hybridized carbons (Fsp3) is 1.00. The van der Waals surface area contributed by atoms with Crippen LogP contribution in [0.1, 0.15) is 58.3 Å². The third-order valence-electron chi connectivity index (χ3n) is 4.27. The van der Waals surface area contributed by atoms with E-state index in [-0.39, 0.29) is 0 Å². The van der Waals surface area contributed by atoms with Gasteiger partial charge >= 0.3 is 0 Å². The topological polar surface area (TPSA) is 26.0 Å². The molecule has 0 aliphatic heterocycles. The second-order valence-corrected chi connectivity index (χ2v) is 5.70. The Morgan fingerprint density at radius 2 is 1.71 bits per heavy atom. The molecule has 1 heteroatoms. The van der Waals surface area contributed by atoms with Crippen molar-refractivity contribution in [3.8, 4) is 0 Å². The van der Waals surface area contributed by atoms with Crippen LogP contribution in [-0.2, 0) is 0 Å². The summed E-state index contributed by atoms with van der Waals surface area (Å²) in [6, 6.07) is 0.517. The summed E-state index contributed by atoms with van der Waals surface area (Å²) in [7, 11) is 0. The molecule has 2 aliphatic carbocycles. The molecule has 0 saturated heterocycles. The minimum Gasteiger partial charge on any atom is -0.327 e. The van der Waals surface area contributed by atoms with Crippen LogP contribution in [0.3, 0.4) is 0 Å². The van der Waals surface area contributed by atoms with Gasteiger partial charge in [-0.3, -0.25) is 0 Å². The highest BCUT2D eigenvalue weighted by molar-refractivity contribution is 4.81. The van der Waals surface area contributed by atoms with Gasteiger partial charge in [0.05, 0.1) is 0 Å². The lowest BCUT2D eigenvalue weighted by Crippen LogP contribution is -2.32. The monoisotopic (exact) mass is 195 g/mol. The number of hydrogen-bond acceptors (Lipinski definition) is 1. The van der Waals surface area contributed by atoms with Crippen LogP contribution < -0.4 is 5.73 Å². The van der Waals surface area contributed by atoms with E-state index in [1.54, 1.807) is 0 Å². The van der Waals surface area contributed by atoms with Gasteiger partial charge < -0.3 is 5.73 Å². The van der Waals surface area contributed by atoms with E-state index >= 15 is 0 Å². The molecule has 0 heterocycles. The van der Waals surface area contributed by atoms with Gasteiger partial charge in [0.25, 0.3) is 0 Å². The third-order valence-corrected chi connectivity index (χ3v) is 4.27. The van der Waals surface area contributed by atoms with Crippen molar-refractivity contribution in [2.45, 2.75) is 64.3 Å². The molecule has 0 spiro atoms. The van der Waals surface area contributed by atoms with E-state index in [1.165, 1.54) is 51.4 Å². The summed E-state index contributed by atoms with van der Waals surface area (Å²) in [5.74, 6) is 2.87. The molecule has 14 heavy (non-hydrogen) atoms. The SMILES string of the molecule is CC1CCC(C(N)CCC2CC2)CC1. The molecule has 1 atom stereocenters. The van der Waals surface area contributed by atoms with Gasteiger partial charge in [-0.15, -0.1) is 0 Å². The van der Waals surface area contributed by atoms with E-state index in [0.29, 0.717) is 6.04 Å². The van der Waals surface area contributed by atoms with Gasteiger partial charge in [-0.2, -0.15) is 0 Å². The van der Waals surface area contributed by atoms with Crippen molar-refractivity contribution in [3.63, 3.8) is 0 Å². The summed E-state index contributed by atoms with van der Waals surface area (Å²) in [6.07, 6.45) is 11.3. The molecule has 0 radical (unpaired) electrons. The summed E-state index contributed by atoms with van der Waals surface area (Å²) in [4.78, 5) is 0. The normalized spacial score (nSPS) is 35.6. The first kappa shape index (κ1) is 10.5. The smallest absolute Gasteiger partial charge is 0.00672 e. The fourth-order valence-electron chi connectivity index (χ4n) is 2.78. The minimum atomic E-state index is 0.517. The lowest BCUT2D eigenvalue weighted by atomic mass is 9.78. The van der Waals surface area contributed by atoms with E-state index in [1.807, 2.05) is 0 Å². The second-order valence-electron chi connectivity index (χ2n) is 5.70. The predicted octanol–water partition coefficient (Wildman–Crippen LogP) is 3.33. The van der Waals surface area contributed by atoms with Crippen molar-refractivity contribution < 1.29 is 0 Å². The van der Waals surface area contributed by atoms with Crippen LogP contribution in [-0.4, -0.2) is 6.04 Å². The van der Waals surface area contributed by atoms with Gasteiger partial charge in [-0.1, -0.05) is 32.6 Å². The van der Waals surface area contributed by atoms with Gasteiger partial charge in [0.1, 0.15) is 0 Å². The summed E-state index contributed by atoms with van der Waals surface area (Å²) in [6.45, 7) is 2.38. The summed E-state index contributed by atoms with van der Waals surface area (Å²) in [5, 5.41) is 0. The van der Waals surface area contributed by atoms with Gasteiger partial charge in [0.2, 0.25) is 0 Å². The average Bonchev–Trinajstić information content (AvgIpc) is 2.99. The first-order valence-electron chi connectivity index (χ1n) is 6.51. The van der Waals surface area contributed by atoms with Gasteiger partial charge in [-0.25, -0.2) is 0 Å². The van der Waals surface area contributed by atoms with Crippen molar-refractivity contribution in [1.82, 2.24) is 0 Å². The van der Waals surface area contributed by atoms with Crippen LogP contribution in [0, 0.1) is 17.8 Å². The zero-order valence-corrected chi connectivity index (χ0v) is 9.54. The van der Waals surface area contributed by atoms with Crippen molar-refractivity contribution in [2.75, 3.05) is 0 Å². The summed E-state index contributed by atoms with van der Waals surface area (Å²) >= 11 is 0. The van der Waals surface area contributed by atoms with E-state index in [9.17, 15) is 0 Å². The maximum atomic E-state index is 6.27. The van der Waals surface area contributed by atoms with Crippen molar-refractivity contribution >= 4 is 0 Å². The lowest BCUT2D eigenvalue weighted by Gasteiger charge is -2.30. The zero-order valence-electron chi connectivity index (χ0n) is 9.54. The van der Waals surface area contributed by atoms with Crippen molar-refractivity contribution in [2.24, 2.45) is 23.5 Å². The molecular formula is C13H25N. The molecule has 82 valence electrons. The predicted molar refractivity (Wildman–Crippen MR) is 61.1 cm³/mol. The quantitative estimate of drug-likeness (QED) is 0.731. The minimum absolute atomic E-state index is 0.517. The Balaban J connectivity index is 1.65. The molecule has 2 fully saturated rings. The molecule has 0 aromatic heterocycles. The Morgan fingerprint density at radius 3 is 2.29 bits per heavy atom. The number of hydrogen-bond donors (Lipinski definition) is 1. The van der Waals surface area contributed by atoms with Crippen LogP contribution in [0.15, 0.2) is 0 Å². The van der Waals surface area contributed by atoms with Crippen LogP contribution in [0.4, 0.5) is 0 Å². The average molecular weight is 195 g/mol. The maximum absolute atomic E-state index is 6.27. The van der Waals surface area contributed by atoms with Gasteiger partial charge in [0, 0.05) is 6.04 Å². The van der Waals surface area contributed by atoms with E-state index in [4.69, 9.17) is 5.73 Å². The molecular weight excluding hydrogens is 170 g/mol. The van der Waals surface area contributed by atoms with Crippen LogP contribution in [0.5, 0.6) is 0 Å². The third kappa shape index (κ3) is 2.98. The molecule has 2 saturated carbocycles. The van der Waals surface area contributed by atoms with Crippen LogP contribution >= 0.6 is 0 Å². The van der Waals surface area contributed by atoms with Gasteiger partial charge in [-0.05, 0) is 43.4 Å². The fourth-order valence-corrected chi connectivity index (χ4v) is 2.78. The molecule has 1 nitrogen and oxygen atoms in total. The van der Waals surface area contributed by atoms with E-state index in [0.717, 1.165) is 17.8 Å². The number of rotatable bonds is 4. The standard InChI is InChI=1S/C13H25N/c1-10-2-7-12(8-3-10)13(14)9-6-11-4-5-11/h10-13H,2-9,14H2,1H3. The zero-order chi connectivity index (χ0) is 9.97. The first-order valence-corrected chi connectivity index (χ1v) is 6.51. The molecule has 0 bridgehead atoms. The van der Waals surface area contributed by atoms with Crippen LogP contribution in [0.25, 0.3) is 0 Å². The van der Waals surface area contributed by atoms with E-state index in [2.05, 4.69) is 6.92 Å². The molecule has 0 amide bonds. The molecule has 1 unspecified atom stereocenters. The summed E-state index contributed by atoms with van der Waals surface area (Å²) < 4.78 is 0. The Morgan fingerprint density at radius 1 is 1.07 bits per heavy atom. The Hall–Kier alpha value is -0.0400. The molecule has 0 aromatic rings. The first-order chi connectivity index (χ1) is 6.75.